The second-order valence-electron chi connectivity index (χ2n) is 3.76. The zero-order valence-corrected chi connectivity index (χ0v) is 13.5. The van der Waals surface area contributed by atoms with Gasteiger partial charge in [-0.2, -0.15) is 0 Å². The molecule has 0 unspecified atom stereocenters. The molecule has 0 N–H and O–H groups in total. The highest BCUT2D eigenvalue weighted by Gasteiger charge is 2.17. The Morgan fingerprint density at radius 2 is 1.95 bits per heavy atom. The van der Waals surface area contributed by atoms with Crippen molar-refractivity contribution in [1.29, 1.82) is 0 Å². The first-order valence-electron chi connectivity index (χ1n) is 5.56. The predicted octanol–water partition coefficient (Wildman–Crippen LogP) is 3.18. The molecular weight excluding hydrogens is 378 g/mol. The maximum absolute atomic E-state index is 11.6. The standard InChI is InChI=1S/C12H11Br2N3O2/c1-3-19-12(18)10-15-11(17(2)16-10)7-4-8(13)6-9(14)5-7/h4-6H,3H2,1-2H3. The average Bonchev–Trinajstić information content (AvgIpc) is 2.70. The number of esters is 1. The van der Waals surface area contributed by atoms with Crippen LogP contribution in [0.5, 0.6) is 0 Å². The monoisotopic (exact) mass is 387 g/mol. The normalized spacial score (nSPS) is 10.5. The number of carbonyl (C=O) groups is 1. The molecule has 1 heterocycles. The number of aromatic nitrogens is 3. The average molecular weight is 389 g/mol. The van der Waals surface area contributed by atoms with E-state index in [0.717, 1.165) is 14.5 Å². The van der Waals surface area contributed by atoms with Crippen LogP contribution in [0.15, 0.2) is 27.1 Å². The molecular formula is C12H11Br2N3O2. The van der Waals surface area contributed by atoms with E-state index >= 15 is 0 Å². The minimum Gasteiger partial charge on any atom is -0.460 e. The van der Waals surface area contributed by atoms with Crippen molar-refractivity contribution >= 4 is 37.8 Å². The lowest BCUT2D eigenvalue weighted by atomic mass is 10.2. The smallest absolute Gasteiger partial charge is 0.378 e. The highest BCUT2D eigenvalue weighted by Crippen LogP contribution is 2.26. The summed E-state index contributed by atoms with van der Waals surface area (Å²) in [5.74, 6) is 0.152. The first-order chi connectivity index (χ1) is 9.01. The first kappa shape index (κ1) is 14.2. The summed E-state index contributed by atoms with van der Waals surface area (Å²) < 4.78 is 8.27. The van der Waals surface area contributed by atoms with Crippen molar-refractivity contribution < 1.29 is 9.53 Å². The van der Waals surface area contributed by atoms with Crippen LogP contribution in [0.3, 0.4) is 0 Å². The van der Waals surface area contributed by atoms with Gasteiger partial charge in [-0.3, -0.25) is 0 Å². The minimum absolute atomic E-state index is 0.0652. The maximum Gasteiger partial charge on any atom is 0.378 e. The lowest BCUT2D eigenvalue weighted by Crippen LogP contribution is -2.07. The SMILES string of the molecule is CCOC(=O)c1nc(-c2cc(Br)cc(Br)c2)n(C)n1. The number of hydrogen-bond donors (Lipinski definition) is 0. The molecule has 7 heteroatoms. The van der Waals surface area contributed by atoms with Gasteiger partial charge in [0.05, 0.1) is 6.61 Å². The van der Waals surface area contributed by atoms with E-state index < -0.39 is 5.97 Å². The zero-order valence-electron chi connectivity index (χ0n) is 10.4. The molecule has 19 heavy (non-hydrogen) atoms. The summed E-state index contributed by atoms with van der Waals surface area (Å²) in [5.41, 5.74) is 0.854. The number of nitrogens with zero attached hydrogens (tertiary/aromatic N) is 3. The molecule has 0 atom stereocenters. The topological polar surface area (TPSA) is 57.0 Å². The van der Waals surface area contributed by atoms with Crippen LogP contribution in [0.25, 0.3) is 11.4 Å². The lowest BCUT2D eigenvalue weighted by Gasteiger charge is -2.01. The number of ether oxygens (including phenoxy) is 1. The van der Waals surface area contributed by atoms with Gasteiger partial charge in [0.2, 0.25) is 0 Å². The molecule has 0 saturated carbocycles. The summed E-state index contributed by atoms with van der Waals surface area (Å²) in [6, 6.07) is 5.74. The number of hydrogen-bond acceptors (Lipinski definition) is 4. The molecule has 0 radical (unpaired) electrons. The van der Waals surface area contributed by atoms with Gasteiger partial charge in [0.1, 0.15) is 0 Å². The zero-order chi connectivity index (χ0) is 14.0. The molecule has 0 aliphatic heterocycles. The second kappa shape index (κ2) is 5.83. The molecule has 0 bridgehead atoms. The molecule has 2 rings (SSSR count). The summed E-state index contributed by atoms with van der Waals surface area (Å²) in [5, 5.41) is 4.07. The lowest BCUT2D eigenvalue weighted by molar-refractivity contribution is 0.0512. The summed E-state index contributed by atoms with van der Waals surface area (Å²) in [4.78, 5) is 15.8. The van der Waals surface area contributed by atoms with E-state index in [1.165, 1.54) is 0 Å². The number of rotatable bonds is 3. The molecule has 2 aromatic rings. The van der Waals surface area contributed by atoms with Crippen LogP contribution in [-0.2, 0) is 11.8 Å². The number of aryl methyl sites for hydroxylation is 1. The number of benzene rings is 1. The predicted molar refractivity (Wildman–Crippen MR) is 77.8 cm³/mol. The van der Waals surface area contributed by atoms with Gasteiger partial charge in [-0.1, -0.05) is 31.9 Å². The van der Waals surface area contributed by atoms with Crippen LogP contribution in [0.2, 0.25) is 0 Å². The molecule has 100 valence electrons. The highest BCUT2D eigenvalue weighted by atomic mass is 79.9. The third-order valence-corrected chi connectivity index (χ3v) is 3.26. The van der Waals surface area contributed by atoms with Crippen molar-refractivity contribution in [3.05, 3.63) is 33.0 Å². The fourth-order valence-electron chi connectivity index (χ4n) is 1.60. The fraction of sp³-hybridized carbons (Fsp3) is 0.250. The Hall–Kier alpha value is -1.21. The molecule has 0 spiro atoms. The summed E-state index contributed by atoms with van der Waals surface area (Å²) >= 11 is 6.83. The summed E-state index contributed by atoms with van der Waals surface area (Å²) in [6.45, 7) is 2.04. The van der Waals surface area contributed by atoms with Crippen LogP contribution < -0.4 is 0 Å². The van der Waals surface area contributed by atoms with Gasteiger partial charge in [0.25, 0.3) is 5.82 Å². The van der Waals surface area contributed by atoms with Crippen LogP contribution >= 0.6 is 31.9 Å². The van der Waals surface area contributed by atoms with Crippen molar-refractivity contribution in [2.24, 2.45) is 7.05 Å². The molecule has 0 amide bonds. The van der Waals surface area contributed by atoms with E-state index in [2.05, 4.69) is 41.9 Å². The van der Waals surface area contributed by atoms with Crippen molar-refractivity contribution in [2.45, 2.75) is 6.92 Å². The Morgan fingerprint density at radius 1 is 1.32 bits per heavy atom. The van der Waals surface area contributed by atoms with E-state index in [1.807, 2.05) is 18.2 Å². The molecule has 0 saturated heterocycles. The Kier molecular flexibility index (Phi) is 4.36. The van der Waals surface area contributed by atoms with Crippen LogP contribution in [0.4, 0.5) is 0 Å². The van der Waals surface area contributed by atoms with E-state index in [-0.39, 0.29) is 5.82 Å². The van der Waals surface area contributed by atoms with E-state index in [4.69, 9.17) is 4.74 Å². The largest absolute Gasteiger partial charge is 0.460 e. The van der Waals surface area contributed by atoms with Gasteiger partial charge >= 0.3 is 5.97 Å². The quantitative estimate of drug-likeness (QED) is 0.757. The fourth-order valence-corrected chi connectivity index (χ4v) is 2.89. The van der Waals surface area contributed by atoms with Gasteiger partial charge in [0, 0.05) is 21.6 Å². The van der Waals surface area contributed by atoms with E-state index in [1.54, 1.807) is 18.7 Å². The third kappa shape index (κ3) is 3.22. The Balaban J connectivity index is 2.42. The Labute approximate surface area is 127 Å². The van der Waals surface area contributed by atoms with E-state index in [9.17, 15) is 4.79 Å². The van der Waals surface area contributed by atoms with Crippen molar-refractivity contribution in [2.75, 3.05) is 6.61 Å². The molecule has 1 aromatic carbocycles. The maximum atomic E-state index is 11.6. The number of halogens is 2. The van der Waals surface area contributed by atoms with Gasteiger partial charge in [-0.25, -0.2) is 14.5 Å². The second-order valence-corrected chi connectivity index (χ2v) is 5.59. The van der Waals surface area contributed by atoms with Crippen LogP contribution in [0, 0.1) is 0 Å². The molecule has 0 aliphatic rings. The van der Waals surface area contributed by atoms with Gasteiger partial charge in [0.15, 0.2) is 5.82 Å². The molecule has 1 aromatic heterocycles. The van der Waals surface area contributed by atoms with Crippen molar-refractivity contribution in [3.8, 4) is 11.4 Å². The van der Waals surface area contributed by atoms with Crippen LogP contribution in [0.1, 0.15) is 17.5 Å². The van der Waals surface area contributed by atoms with E-state index in [0.29, 0.717) is 12.4 Å². The van der Waals surface area contributed by atoms with Gasteiger partial charge < -0.3 is 4.74 Å². The number of carbonyl (C=O) groups excluding carboxylic acids is 1. The Morgan fingerprint density at radius 3 is 2.53 bits per heavy atom. The molecule has 0 aliphatic carbocycles. The minimum atomic E-state index is -0.515. The van der Waals surface area contributed by atoms with Crippen molar-refractivity contribution in [1.82, 2.24) is 14.8 Å². The summed E-state index contributed by atoms with van der Waals surface area (Å²) in [6.07, 6.45) is 0. The highest BCUT2D eigenvalue weighted by molar-refractivity contribution is 9.11. The van der Waals surface area contributed by atoms with Crippen LogP contribution in [-0.4, -0.2) is 27.3 Å². The third-order valence-electron chi connectivity index (χ3n) is 2.34. The first-order valence-corrected chi connectivity index (χ1v) is 7.14. The summed E-state index contributed by atoms with van der Waals surface area (Å²) in [7, 11) is 1.74. The Bertz CT molecular complexity index is 605. The van der Waals surface area contributed by atoms with Gasteiger partial charge in [-0.15, -0.1) is 5.10 Å². The van der Waals surface area contributed by atoms with Gasteiger partial charge in [-0.05, 0) is 25.1 Å². The van der Waals surface area contributed by atoms with Crippen molar-refractivity contribution in [3.63, 3.8) is 0 Å². The molecule has 5 nitrogen and oxygen atoms in total. The molecule has 0 fully saturated rings.